The highest BCUT2D eigenvalue weighted by Crippen LogP contribution is 2.24. The van der Waals surface area contributed by atoms with E-state index in [4.69, 9.17) is 0 Å². The lowest BCUT2D eigenvalue weighted by atomic mass is 10.1. The van der Waals surface area contributed by atoms with Crippen molar-refractivity contribution in [3.63, 3.8) is 0 Å². The molecule has 3 aromatic rings. The number of aryl methyl sites for hydroxylation is 1. The number of phenolic OH excluding ortho intramolecular Hbond substituents is 1. The molecule has 4 rings (SSSR count). The van der Waals surface area contributed by atoms with Crippen molar-refractivity contribution in [2.75, 3.05) is 5.32 Å². The zero-order valence-electron chi connectivity index (χ0n) is 15.1. The molecule has 0 fully saturated rings. The summed E-state index contributed by atoms with van der Waals surface area (Å²) >= 11 is 0. The van der Waals surface area contributed by atoms with Crippen LogP contribution in [0.25, 0.3) is 11.4 Å². The molecule has 0 spiro atoms. The van der Waals surface area contributed by atoms with Gasteiger partial charge in [0.2, 0.25) is 0 Å². The summed E-state index contributed by atoms with van der Waals surface area (Å²) in [5.41, 5.74) is 1.90. The third kappa shape index (κ3) is 3.69. The summed E-state index contributed by atoms with van der Waals surface area (Å²) in [7, 11) is 0. The molecule has 27 heavy (non-hydrogen) atoms. The Morgan fingerprint density at radius 3 is 2.56 bits per heavy atom. The van der Waals surface area contributed by atoms with E-state index in [1.54, 1.807) is 18.2 Å². The number of carbonyl (C=O) groups excluding carboxylic acids is 1. The van der Waals surface area contributed by atoms with Gasteiger partial charge in [-0.05, 0) is 49.2 Å². The van der Waals surface area contributed by atoms with Crippen molar-refractivity contribution < 1.29 is 9.90 Å². The van der Waals surface area contributed by atoms with Gasteiger partial charge in [-0.1, -0.05) is 25.0 Å². The minimum absolute atomic E-state index is 0.0336. The van der Waals surface area contributed by atoms with Gasteiger partial charge in [0.05, 0.1) is 5.56 Å². The maximum absolute atomic E-state index is 12.3. The molecule has 0 atom stereocenters. The van der Waals surface area contributed by atoms with Gasteiger partial charge in [-0.15, -0.1) is 10.2 Å². The second kappa shape index (κ2) is 7.61. The van der Waals surface area contributed by atoms with Crippen LogP contribution in [-0.2, 0) is 13.0 Å². The number of aromatic hydroxyl groups is 1. The van der Waals surface area contributed by atoms with Crippen LogP contribution in [-0.4, -0.2) is 25.8 Å². The summed E-state index contributed by atoms with van der Waals surface area (Å²) in [4.78, 5) is 12.3. The Labute approximate surface area is 157 Å². The van der Waals surface area contributed by atoms with Crippen LogP contribution in [0.5, 0.6) is 5.75 Å². The van der Waals surface area contributed by atoms with E-state index in [2.05, 4.69) is 20.1 Å². The number of aromatic nitrogens is 3. The van der Waals surface area contributed by atoms with E-state index in [9.17, 15) is 9.90 Å². The number of rotatable bonds is 3. The van der Waals surface area contributed by atoms with Gasteiger partial charge in [0.25, 0.3) is 5.91 Å². The first-order valence-electron chi connectivity index (χ1n) is 9.34. The monoisotopic (exact) mass is 362 g/mol. The highest BCUT2D eigenvalue weighted by Gasteiger charge is 2.16. The van der Waals surface area contributed by atoms with E-state index < -0.39 is 0 Å². The molecule has 1 aromatic heterocycles. The van der Waals surface area contributed by atoms with Gasteiger partial charge in [0.1, 0.15) is 11.6 Å². The molecule has 0 radical (unpaired) electrons. The molecular weight excluding hydrogens is 340 g/mol. The largest absolute Gasteiger partial charge is 0.507 e. The number of nitrogens with zero attached hydrogens (tertiary/aromatic N) is 3. The van der Waals surface area contributed by atoms with Gasteiger partial charge in [-0.25, -0.2) is 0 Å². The second-order valence-corrected chi connectivity index (χ2v) is 6.80. The number of hydrogen-bond donors (Lipinski definition) is 2. The maximum atomic E-state index is 12.3. The number of benzene rings is 2. The van der Waals surface area contributed by atoms with Crippen LogP contribution in [0.1, 0.15) is 41.9 Å². The fourth-order valence-corrected chi connectivity index (χ4v) is 3.44. The van der Waals surface area contributed by atoms with Crippen LogP contribution in [0.4, 0.5) is 5.69 Å². The van der Waals surface area contributed by atoms with Gasteiger partial charge in [-0.2, -0.15) is 0 Å². The predicted molar refractivity (Wildman–Crippen MR) is 104 cm³/mol. The Bertz CT molecular complexity index is 947. The fourth-order valence-electron chi connectivity index (χ4n) is 3.44. The maximum Gasteiger partial charge on any atom is 0.259 e. The second-order valence-electron chi connectivity index (χ2n) is 6.80. The zero-order chi connectivity index (χ0) is 18.6. The first kappa shape index (κ1) is 17.3. The minimum atomic E-state index is -0.339. The van der Waals surface area contributed by atoms with Crippen molar-refractivity contribution in [2.45, 2.75) is 38.6 Å². The normalized spacial score (nSPS) is 14.1. The molecule has 0 saturated carbocycles. The molecule has 6 nitrogen and oxygen atoms in total. The molecule has 2 N–H and O–H groups in total. The summed E-state index contributed by atoms with van der Waals surface area (Å²) in [6.45, 7) is 0.948. The van der Waals surface area contributed by atoms with Crippen molar-refractivity contribution >= 4 is 11.6 Å². The zero-order valence-corrected chi connectivity index (χ0v) is 15.1. The van der Waals surface area contributed by atoms with Gasteiger partial charge in [0, 0.05) is 24.2 Å². The summed E-state index contributed by atoms with van der Waals surface area (Å²) in [6, 6.07) is 14.1. The summed E-state index contributed by atoms with van der Waals surface area (Å²) < 4.78 is 2.22. The molecule has 1 amide bonds. The molecular formula is C21H22N4O2. The number of nitrogens with one attached hydrogen (secondary N) is 1. The van der Waals surface area contributed by atoms with Crippen LogP contribution in [0.3, 0.4) is 0 Å². The highest BCUT2D eigenvalue weighted by atomic mass is 16.3. The molecule has 2 aromatic carbocycles. The Morgan fingerprint density at radius 2 is 1.74 bits per heavy atom. The van der Waals surface area contributed by atoms with E-state index in [1.807, 2.05) is 24.3 Å². The molecule has 6 heteroatoms. The number of carbonyl (C=O) groups is 1. The first-order chi connectivity index (χ1) is 13.2. The van der Waals surface area contributed by atoms with Crippen molar-refractivity contribution in [1.29, 1.82) is 0 Å². The van der Waals surface area contributed by atoms with Crippen molar-refractivity contribution in [3.05, 3.63) is 59.9 Å². The fraction of sp³-hybridized carbons (Fsp3) is 0.286. The Hall–Kier alpha value is -3.15. The number of anilines is 1. The van der Waals surface area contributed by atoms with Crippen molar-refractivity contribution in [1.82, 2.24) is 14.8 Å². The molecule has 1 aliphatic rings. The van der Waals surface area contributed by atoms with E-state index >= 15 is 0 Å². The standard InChI is InChI=1S/C21H22N4O2/c26-18-8-5-4-7-17(18)21(27)22-16-12-10-15(11-13-16)20-24-23-19-9-3-1-2-6-14-25(19)20/h4-5,7-8,10-13,26H,1-3,6,9,14H2,(H,22,27). The van der Waals surface area contributed by atoms with Crippen LogP contribution >= 0.6 is 0 Å². The molecule has 2 heterocycles. The minimum Gasteiger partial charge on any atom is -0.507 e. The quantitative estimate of drug-likeness (QED) is 0.737. The first-order valence-corrected chi connectivity index (χ1v) is 9.34. The lowest BCUT2D eigenvalue weighted by molar-refractivity contribution is 0.102. The average molecular weight is 362 g/mol. The van der Waals surface area contributed by atoms with Crippen LogP contribution in [0.15, 0.2) is 48.5 Å². The lowest BCUT2D eigenvalue weighted by Gasteiger charge is -2.13. The van der Waals surface area contributed by atoms with E-state index in [0.717, 1.165) is 43.0 Å². The van der Waals surface area contributed by atoms with Crippen molar-refractivity contribution in [2.24, 2.45) is 0 Å². The van der Waals surface area contributed by atoms with Crippen molar-refractivity contribution in [3.8, 4) is 17.1 Å². The van der Waals surface area contributed by atoms with Gasteiger partial charge in [-0.3, -0.25) is 4.79 Å². The molecule has 138 valence electrons. The van der Waals surface area contributed by atoms with E-state index in [-0.39, 0.29) is 17.2 Å². The van der Waals surface area contributed by atoms with Crippen LogP contribution < -0.4 is 5.32 Å². The van der Waals surface area contributed by atoms with Gasteiger partial charge < -0.3 is 15.0 Å². The summed E-state index contributed by atoms with van der Waals surface area (Å²) in [5.74, 6) is 1.56. The lowest BCUT2D eigenvalue weighted by Crippen LogP contribution is -2.12. The summed E-state index contributed by atoms with van der Waals surface area (Å²) in [5, 5.41) is 21.4. The highest BCUT2D eigenvalue weighted by molar-refractivity contribution is 6.06. The number of para-hydroxylation sites is 1. The third-order valence-corrected chi connectivity index (χ3v) is 4.91. The Morgan fingerprint density at radius 1 is 0.963 bits per heavy atom. The van der Waals surface area contributed by atoms with Gasteiger partial charge in [0.15, 0.2) is 5.82 Å². The van der Waals surface area contributed by atoms with Crippen LogP contribution in [0, 0.1) is 0 Å². The Kier molecular flexibility index (Phi) is 4.87. The van der Waals surface area contributed by atoms with E-state index in [0.29, 0.717) is 5.69 Å². The number of phenols is 1. The summed E-state index contributed by atoms with van der Waals surface area (Å²) in [6.07, 6.45) is 5.78. The van der Waals surface area contributed by atoms with Gasteiger partial charge >= 0.3 is 0 Å². The molecule has 0 saturated heterocycles. The topological polar surface area (TPSA) is 80.0 Å². The molecule has 0 aliphatic carbocycles. The Balaban J connectivity index is 1.53. The SMILES string of the molecule is O=C(Nc1ccc(-c2nnc3n2CCCCCC3)cc1)c1ccccc1O. The predicted octanol–water partition coefficient (Wildman–Crippen LogP) is 4.02. The van der Waals surface area contributed by atoms with E-state index in [1.165, 1.54) is 18.9 Å². The number of fused-ring (bicyclic) bond motifs is 1. The average Bonchev–Trinajstić information content (AvgIpc) is 3.04. The molecule has 1 aliphatic heterocycles. The van der Waals surface area contributed by atoms with Crippen LogP contribution in [0.2, 0.25) is 0 Å². The smallest absolute Gasteiger partial charge is 0.259 e. The number of amides is 1. The molecule has 0 bridgehead atoms. The number of hydrogen-bond acceptors (Lipinski definition) is 4. The molecule has 0 unspecified atom stereocenters. The third-order valence-electron chi connectivity index (χ3n) is 4.91.